The van der Waals surface area contributed by atoms with Gasteiger partial charge in [0.15, 0.2) is 0 Å². The zero-order valence-electron chi connectivity index (χ0n) is 10.1. The standard InChI is InChI=1S/C13H13NO5/c15-11(13(18)19)14(8-4-3-5-8)10-7-2-1-6-9(10)12(16)17/h1-2,6-8H,3-5H2,(H,16,17)(H,18,19). The van der Waals surface area contributed by atoms with E-state index in [9.17, 15) is 14.4 Å². The zero-order valence-corrected chi connectivity index (χ0v) is 10.1. The van der Waals surface area contributed by atoms with Gasteiger partial charge in [0.05, 0.1) is 11.3 Å². The van der Waals surface area contributed by atoms with Gasteiger partial charge in [0.25, 0.3) is 0 Å². The highest BCUT2D eigenvalue weighted by Crippen LogP contribution is 2.31. The van der Waals surface area contributed by atoms with Crippen molar-refractivity contribution in [1.29, 1.82) is 0 Å². The monoisotopic (exact) mass is 263 g/mol. The number of amides is 1. The Balaban J connectivity index is 2.46. The Morgan fingerprint density at radius 3 is 2.21 bits per heavy atom. The van der Waals surface area contributed by atoms with Gasteiger partial charge in [0.1, 0.15) is 0 Å². The second kappa shape index (κ2) is 5.09. The Labute approximate surface area is 109 Å². The molecule has 0 saturated heterocycles. The summed E-state index contributed by atoms with van der Waals surface area (Å²) in [6.45, 7) is 0. The molecule has 1 aliphatic carbocycles. The smallest absolute Gasteiger partial charge is 0.394 e. The van der Waals surface area contributed by atoms with Crippen LogP contribution >= 0.6 is 0 Å². The van der Waals surface area contributed by atoms with E-state index in [0.29, 0.717) is 12.8 Å². The maximum Gasteiger partial charge on any atom is 0.394 e. The maximum absolute atomic E-state index is 11.8. The Kier molecular flexibility index (Phi) is 3.50. The summed E-state index contributed by atoms with van der Waals surface area (Å²) in [6, 6.07) is 5.71. The summed E-state index contributed by atoms with van der Waals surface area (Å²) >= 11 is 0. The Morgan fingerprint density at radius 2 is 1.74 bits per heavy atom. The van der Waals surface area contributed by atoms with Crippen molar-refractivity contribution in [2.24, 2.45) is 0 Å². The summed E-state index contributed by atoms with van der Waals surface area (Å²) in [5.74, 6) is -3.84. The number of carboxylic acid groups (broad SMARTS) is 2. The predicted molar refractivity (Wildman–Crippen MR) is 66.2 cm³/mol. The van der Waals surface area contributed by atoms with E-state index in [4.69, 9.17) is 10.2 Å². The molecule has 0 heterocycles. The number of carbonyl (C=O) groups excluding carboxylic acids is 1. The lowest BCUT2D eigenvalue weighted by atomic mass is 9.90. The van der Waals surface area contributed by atoms with Gasteiger partial charge in [0.2, 0.25) is 0 Å². The van der Waals surface area contributed by atoms with Crippen LogP contribution < -0.4 is 4.90 Å². The van der Waals surface area contributed by atoms with Crippen molar-refractivity contribution in [2.45, 2.75) is 25.3 Å². The van der Waals surface area contributed by atoms with E-state index in [-0.39, 0.29) is 17.3 Å². The van der Waals surface area contributed by atoms with E-state index < -0.39 is 17.8 Å². The second-order valence-corrected chi connectivity index (χ2v) is 4.39. The number of aromatic carboxylic acids is 1. The number of hydrogen-bond donors (Lipinski definition) is 2. The number of benzene rings is 1. The summed E-state index contributed by atoms with van der Waals surface area (Å²) in [4.78, 5) is 34.9. The number of rotatable bonds is 3. The van der Waals surface area contributed by atoms with Crippen LogP contribution in [-0.4, -0.2) is 34.1 Å². The van der Waals surface area contributed by atoms with Gasteiger partial charge in [-0.25, -0.2) is 9.59 Å². The minimum Gasteiger partial charge on any atom is -0.478 e. The molecule has 1 aromatic carbocycles. The van der Waals surface area contributed by atoms with Crippen molar-refractivity contribution in [3.8, 4) is 0 Å². The van der Waals surface area contributed by atoms with Crippen LogP contribution in [0.3, 0.4) is 0 Å². The quantitative estimate of drug-likeness (QED) is 0.803. The van der Waals surface area contributed by atoms with Crippen LogP contribution in [0.2, 0.25) is 0 Å². The molecule has 1 aromatic rings. The summed E-state index contributed by atoms with van der Waals surface area (Å²) in [7, 11) is 0. The molecule has 0 radical (unpaired) electrons. The third-order valence-electron chi connectivity index (χ3n) is 3.24. The molecule has 0 unspecified atom stereocenters. The average Bonchev–Trinajstić information content (AvgIpc) is 2.32. The molecule has 100 valence electrons. The van der Waals surface area contributed by atoms with E-state index >= 15 is 0 Å². The van der Waals surface area contributed by atoms with Crippen molar-refractivity contribution in [3.63, 3.8) is 0 Å². The molecule has 1 fully saturated rings. The van der Waals surface area contributed by atoms with Gasteiger partial charge in [-0.2, -0.15) is 0 Å². The molecule has 2 rings (SSSR count). The van der Waals surface area contributed by atoms with Crippen LogP contribution in [0.15, 0.2) is 24.3 Å². The minimum atomic E-state index is -1.58. The van der Waals surface area contributed by atoms with E-state index in [1.54, 1.807) is 6.07 Å². The van der Waals surface area contributed by atoms with Crippen molar-refractivity contribution in [1.82, 2.24) is 0 Å². The number of carboxylic acids is 2. The summed E-state index contributed by atoms with van der Waals surface area (Å²) < 4.78 is 0. The highest BCUT2D eigenvalue weighted by molar-refractivity contribution is 6.37. The van der Waals surface area contributed by atoms with Gasteiger partial charge in [-0.15, -0.1) is 0 Å². The van der Waals surface area contributed by atoms with Crippen molar-refractivity contribution in [3.05, 3.63) is 29.8 Å². The summed E-state index contributed by atoms with van der Waals surface area (Å²) in [6.07, 6.45) is 2.28. The molecule has 1 amide bonds. The lowest BCUT2D eigenvalue weighted by Gasteiger charge is -2.37. The van der Waals surface area contributed by atoms with Crippen molar-refractivity contribution in [2.75, 3.05) is 4.90 Å². The Morgan fingerprint density at radius 1 is 1.11 bits per heavy atom. The van der Waals surface area contributed by atoms with Gasteiger partial charge < -0.3 is 10.2 Å². The molecule has 6 nitrogen and oxygen atoms in total. The molecule has 0 atom stereocenters. The van der Waals surface area contributed by atoms with Crippen molar-refractivity contribution >= 4 is 23.5 Å². The SMILES string of the molecule is O=C(O)C(=O)N(c1ccccc1C(=O)O)C1CCC1. The van der Waals surface area contributed by atoms with Gasteiger partial charge in [-0.1, -0.05) is 12.1 Å². The topological polar surface area (TPSA) is 94.9 Å². The lowest BCUT2D eigenvalue weighted by Crippen LogP contribution is -2.48. The highest BCUT2D eigenvalue weighted by atomic mass is 16.4. The number of para-hydroxylation sites is 1. The van der Waals surface area contributed by atoms with Crippen LogP contribution in [0, 0.1) is 0 Å². The number of anilines is 1. The first-order valence-electron chi connectivity index (χ1n) is 5.91. The first-order valence-corrected chi connectivity index (χ1v) is 5.91. The lowest BCUT2D eigenvalue weighted by molar-refractivity contribution is -0.149. The first kappa shape index (κ1) is 13.1. The molecule has 0 spiro atoms. The Hall–Kier alpha value is -2.37. The third kappa shape index (κ3) is 2.42. The molecule has 0 bridgehead atoms. The fourth-order valence-corrected chi connectivity index (χ4v) is 2.08. The van der Waals surface area contributed by atoms with Gasteiger partial charge >= 0.3 is 17.8 Å². The molecule has 6 heteroatoms. The maximum atomic E-state index is 11.8. The molecular formula is C13H13NO5. The molecule has 0 aliphatic heterocycles. The molecule has 1 saturated carbocycles. The van der Waals surface area contributed by atoms with E-state index in [2.05, 4.69) is 0 Å². The minimum absolute atomic E-state index is 0.0657. The largest absolute Gasteiger partial charge is 0.478 e. The van der Waals surface area contributed by atoms with Crippen LogP contribution in [0.5, 0.6) is 0 Å². The molecule has 0 aromatic heterocycles. The number of carbonyl (C=O) groups is 3. The van der Waals surface area contributed by atoms with Crippen LogP contribution in [0.1, 0.15) is 29.6 Å². The number of nitrogens with zero attached hydrogens (tertiary/aromatic N) is 1. The van der Waals surface area contributed by atoms with Crippen LogP contribution in [0.25, 0.3) is 0 Å². The number of aliphatic carboxylic acids is 1. The average molecular weight is 263 g/mol. The third-order valence-corrected chi connectivity index (χ3v) is 3.24. The molecule has 1 aliphatic rings. The van der Waals surface area contributed by atoms with Gasteiger partial charge in [-0.05, 0) is 31.4 Å². The Bertz CT molecular complexity index is 536. The van der Waals surface area contributed by atoms with Crippen LogP contribution in [0.4, 0.5) is 5.69 Å². The van der Waals surface area contributed by atoms with Gasteiger partial charge in [0, 0.05) is 6.04 Å². The zero-order chi connectivity index (χ0) is 14.0. The fraction of sp³-hybridized carbons (Fsp3) is 0.308. The first-order chi connectivity index (χ1) is 9.02. The molecule has 19 heavy (non-hydrogen) atoms. The van der Waals surface area contributed by atoms with Crippen LogP contribution in [-0.2, 0) is 9.59 Å². The highest BCUT2D eigenvalue weighted by Gasteiger charge is 2.35. The van der Waals surface area contributed by atoms with E-state index in [1.807, 2.05) is 0 Å². The normalized spacial score (nSPS) is 14.5. The summed E-state index contributed by atoms with van der Waals surface area (Å²) in [5, 5.41) is 18.0. The van der Waals surface area contributed by atoms with Gasteiger partial charge in [-0.3, -0.25) is 9.69 Å². The number of hydrogen-bond acceptors (Lipinski definition) is 3. The van der Waals surface area contributed by atoms with Crippen molar-refractivity contribution < 1.29 is 24.6 Å². The predicted octanol–water partition coefficient (Wildman–Crippen LogP) is 1.35. The van der Waals surface area contributed by atoms with E-state index in [0.717, 1.165) is 11.3 Å². The molecule has 2 N–H and O–H groups in total. The molecular weight excluding hydrogens is 250 g/mol. The fourth-order valence-electron chi connectivity index (χ4n) is 2.08. The van der Waals surface area contributed by atoms with E-state index in [1.165, 1.54) is 18.2 Å². The second-order valence-electron chi connectivity index (χ2n) is 4.39. The summed E-state index contributed by atoms with van der Waals surface area (Å²) in [5.41, 5.74) is 0.0797.